The van der Waals surface area contributed by atoms with E-state index in [0.717, 1.165) is 12.2 Å². The largest absolute Gasteiger partial charge is 0.396 e. The molecule has 1 heterocycles. The predicted octanol–water partition coefficient (Wildman–Crippen LogP) is 1.35. The van der Waals surface area contributed by atoms with Crippen LogP contribution < -0.4 is 5.32 Å². The number of rotatable bonds is 6. The van der Waals surface area contributed by atoms with Crippen LogP contribution in [0.15, 0.2) is 6.20 Å². The van der Waals surface area contributed by atoms with E-state index in [1.807, 2.05) is 18.5 Å². The molecule has 1 atom stereocenters. The second-order valence-electron chi connectivity index (χ2n) is 5.11. The van der Waals surface area contributed by atoms with Gasteiger partial charge in [-0.3, -0.25) is 9.48 Å². The van der Waals surface area contributed by atoms with Crippen LogP contribution in [0, 0.1) is 12.8 Å². The number of amides is 1. The molecule has 5 heteroatoms. The van der Waals surface area contributed by atoms with Crippen molar-refractivity contribution < 1.29 is 9.90 Å². The fourth-order valence-corrected chi connectivity index (χ4v) is 1.77. The summed E-state index contributed by atoms with van der Waals surface area (Å²) in [5, 5.41) is 15.9. The molecule has 5 nitrogen and oxygen atoms in total. The molecular weight excluding hydrogens is 230 g/mol. The second-order valence-corrected chi connectivity index (χ2v) is 5.11. The van der Waals surface area contributed by atoms with Gasteiger partial charge < -0.3 is 10.4 Å². The molecule has 0 aliphatic rings. The number of hydrogen-bond acceptors (Lipinski definition) is 3. The molecule has 1 rings (SSSR count). The first-order chi connectivity index (χ1) is 8.45. The Kier molecular flexibility index (Phi) is 5.34. The number of nitrogens with zero attached hydrogens (tertiary/aromatic N) is 2. The van der Waals surface area contributed by atoms with E-state index in [4.69, 9.17) is 5.11 Å². The molecule has 1 unspecified atom stereocenters. The average Bonchev–Trinajstić information content (AvgIpc) is 2.60. The minimum absolute atomic E-state index is 0.0321. The first kappa shape index (κ1) is 14.7. The van der Waals surface area contributed by atoms with Gasteiger partial charge in [-0.15, -0.1) is 0 Å². The first-order valence-corrected chi connectivity index (χ1v) is 6.39. The van der Waals surface area contributed by atoms with Crippen molar-refractivity contribution in [1.29, 1.82) is 0 Å². The van der Waals surface area contributed by atoms with E-state index in [0.29, 0.717) is 17.9 Å². The maximum atomic E-state index is 12.0. The molecule has 102 valence electrons. The quantitative estimate of drug-likeness (QED) is 0.804. The summed E-state index contributed by atoms with van der Waals surface area (Å²) in [6.45, 7) is 8.90. The van der Waals surface area contributed by atoms with Crippen molar-refractivity contribution in [3.8, 4) is 0 Å². The van der Waals surface area contributed by atoms with Crippen LogP contribution in [0.25, 0.3) is 0 Å². The number of hydrogen-bond donors (Lipinski definition) is 2. The summed E-state index contributed by atoms with van der Waals surface area (Å²) in [6, 6.07) is -0.0321. The number of carbonyl (C=O) groups is 1. The lowest BCUT2D eigenvalue weighted by molar-refractivity contribution is 0.0933. The van der Waals surface area contributed by atoms with Crippen LogP contribution in [0.1, 0.15) is 43.2 Å². The molecule has 0 bridgehead atoms. The second kappa shape index (κ2) is 6.54. The Labute approximate surface area is 108 Å². The van der Waals surface area contributed by atoms with Gasteiger partial charge in [0, 0.05) is 24.9 Å². The number of aromatic nitrogens is 2. The van der Waals surface area contributed by atoms with Gasteiger partial charge in [0.25, 0.3) is 5.91 Å². The lowest BCUT2D eigenvalue weighted by Gasteiger charge is -2.12. The Morgan fingerprint density at radius 1 is 1.50 bits per heavy atom. The Hall–Kier alpha value is -1.36. The molecule has 0 aliphatic heterocycles. The van der Waals surface area contributed by atoms with Crippen LogP contribution >= 0.6 is 0 Å². The van der Waals surface area contributed by atoms with E-state index in [-0.39, 0.29) is 18.6 Å². The van der Waals surface area contributed by atoms with Crippen molar-refractivity contribution in [2.45, 2.75) is 46.7 Å². The van der Waals surface area contributed by atoms with Gasteiger partial charge in [0.15, 0.2) is 0 Å². The van der Waals surface area contributed by atoms with Crippen molar-refractivity contribution >= 4 is 5.91 Å². The van der Waals surface area contributed by atoms with E-state index >= 15 is 0 Å². The maximum absolute atomic E-state index is 12.0. The van der Waals surface area contributed by atoms with Gasteiger partial charge in [-0.2, -0.15) is 5.10 Å². The molecule has 0 saturated carbocycles. The number of carbonyl (C=O) groups excluding carboxylic acids is 1. The van der Waals surface area contributed by atoms with Crippen molar-refractivity contribution in [1.82, 2.24) is 15.1 Å². The lowest BCUT2D eigenvalue weighted by Crippen LogP contribution is -2.33. The Balaban J connectivity index is 2.72. The van der Waals surface area contributed by atoms with Crippen molar-refractivity contribution in [3.63, 3.8) is 0 Å². The summed E-state index contributed by atoms with van der Waals surface area (Å²) < 4.78 is 1.86. The smallest absolute Gasteiger partial charge is 0.254 e. The highest BCUT2D eigenvalue weighted by atomic mass is 16.3. The van der Waals surface area contributed by atoms with E-state index in [9.17, 15) is 4.79 Å². The van der Waals surface area contributed by atoms with Crippen LogP contribution in [0.4, 0.5) is 0 Å². The van der Waals surface area contributed by atoms with Gasteiger partial charge in [-0.25, -0.2) is 0 Å². The van der Waals surface area contributed by atoms with Gasteiger partial charge in [0.2, 0.25) is 0 Å². The van der Waals surface area contributed by atoms with Gasteiger partial charge in [0.05, 0.1) is 11.8 Å². The van der Waals surface area contributed by atoms with Crippen LogP contribution in [0.3, 0.4) is 0 Å². The van der Waals surface area contributed by atoms with Crippen molar-refractivity contribution in [2.75, 3.05) is 6.61 Å². The van der Waals surface area contributed by atoms with Gasteiger partial charge >= 0.3 is 0 Å². The van der Waals surface area contributed by atoms with Crippen molar-refractivity contribution in [3.05, 3.63) is 17.5 Å². The zero-order valence-corrected chi connectivity index (χ0v) is 11.6. The highest BCUT2D eigenvalue weighted by molar-refractivity contribution is 5.95. The normalized spacial score (nSPS) is 12.8. The molecule has 0 fully saturated rings. The van der Waals surface area contributed by atoms with Gasteiger partial charge in [-0.1, -0.05) is 13.8 Å². The zero-order chi connectivity index (χ0) is 13.7. The Morgan fingerprint density at radius 3 is 2.72 bits per heavy atom. The van der Waals surface area contributed by atoms with E-state index in [1.54, 1.807) is 6.20 Å². The monoisotopic (exact) mass is 253 g/mol. The van der Waals surface area contributed by atoms with Crippen LogP contribution in [-0.2, 0) is 6.54 Å². The molecule has 0 saturated heterocycles. The van der Waals surface area contributed by atoms with E-state index < -0.39 is 0 Å². The van der Waals surface area contributed by atoms with E-state index in [1.165, 1.54) is 0 Å². The van der Waals surface area contributed by atoms with Gasteiger partial charge in [-0.05, 0) is 26.2 Å². The molecule has 0 aliphatic carbocycles. The third kappa shape index (κ3) is 3.84. The number of nitrogens with one attached hydrogen (secondary N) is 1. The lowest BCUT2D eigenvalue weighted by atomic mass is 10.2. The number of aliphatic hydroxyl groups is 1. The molecule has 0 spiro atoms. The third-order valence-electron chi connectivity index (χ3n) is 2.83. The minimum atomic E-state index is -0.122. The first-order valence-electron chi connectivity index (χ1n) is 6.39. The molecule has 0 aromatic carbocycles. The van der Waals surface area contributed by atoms with Gasteiger partial charge in [0.1, 0.15) is 0 Å². The van der Waals surface area contributed by atoms with Crippen LogP contribution in [0.2, 0.25) is 0 Å². The summed E-state index contributed by atoms with van der Waals surface area (Å²) in [7, 11) is 0. The highest BCUT2D eigenvalue weighted by Crippen LogP contribution is 2.10. The third-order valence-corrected chi connectivity index (χ3v) is 2.83. The van der Waals surface area contributed by atoms with Crippen LogP contribution in [-0.4, -0.2) is 33.4 Å². The molecule has 1 aromatic rings. The van der Waals surface area contributed by atoms with E-state index in [2.05, 4.69) is 24.3 Å². The maximum Gasteiger partial charge on any atom is 0.254 e. The summed E-state index contributed by atoms with van der Waals surface area (Å²) in [5.41, 5.74) is 1.50. The summed E-state index contributed by atoms with van der Waals surface area (Å²) in [5.74, 6) is 0.372. The summed E-state index contributed by atoms with van der Waals surface area (Å²) in [4.78, 5) is 12.0. The average molecular weight is 253 g/mol. The number of aliphatic hydroxyl groups excluding tert-OH is 1. The molecule has 1 aromatic heterocycles. The zero-order valence-electron chi connectivity index (χ0n) is 11.6. The predicted molar refractivity (Wildman–Crippen MR) is 70.4 cm³/mol. The van der Waals surface area contributed by atoms with Crippen molar-refractivity contribution in [2.24, 2.45) is 5.92 Å². The molecule has 1 amide bonds. The Morgan fingerprint density at radius 2 is 2.17 bits per heavy atom. The molecule has 2 N–H and O–H groups in total. The fraction of sp³-hybridized carbons (Fsp3) is 0.692. The fourth-order valence-electron chi connectivity index (χ4n) is 1.77. The highest BCUT2D eigenvalue weighted by Gasteiger charge is 2.16. The summed E-state index contributed by atoms with van der Waals surface area (Å²) in [6.07, 6.45) is 2.17. The van der Waals surface area contributed by atoms with Crippen LogP contribution in [0.5, 0.6) is 0 Å². The Bertz CT molecular complexity index is 399. The molecule has 0 radical (unpaired) electrons. The minimum Gasteiger partial charge on any atom is -0.396 e. The molecular formula is C13H23N3O2. The standard InChI is InChI=1S/C13H23N3O2/c1-9(2)8-16-11(4)12(7-14-16)13(18)15-10(3)5-6-17/h7,9-10,17H,5-6,8H2,1-4H3,(H,15,18). The molecule has 18 heavy (non-hydrogen) atoms. The summed E-state index contributed by atoms with van der Waals surface area (Å²) >= 11 is 0. The topological polar surface area (TPSA) is 67.2 Å². The SMILES string of the molecule is Cc1c(C(=O)NC(C)CCO)cnn1CC(C)C.